The van der Waals surface area contributed by atoms with Crippen LogP contribution in [0.15, 0.2) is 0 Å². The van der Waals surface area contributed by atoms with E-state index in [-0.39, 0.29) is 36.1 Å². The molecule has 82 valence electrons. The second kappa shape index (κ2) is 11.4. The monoisotopic (exact) mass is 239 g/mol. The molecular formula is C5H14NNaO6S. The molecule has 7 nitrogen and oxygen atoms in total. The third-order valence-corrected chi connectivity index (χ3v) is 0.703. The topological polar surface area (TPSA) is 124 Å². The second-order valence-electron chi connectivity index (χ2n) is 2.02. The zero-order chi connectivity index (χ0) is 10.9. The molecule has 0 fully saturated rings. The molecule has 0 heterocycles. The zero-order valence-electron chi connectivity index (χ0n) is 7.10. The molecule has 9 heteroatoms. The van der Waals surface area contributed by atoms with E-state index in [0.717, 1.165) is 13.0 Å². The predicted octanol–water partition coefficient (Wildman–Crippen LogP) is -1.23. The van der Waals surface area contributed by atoms with E-state index in [4.69, 9.17) is 22.6 Å². The fourth-order valence-corrected chi connectivity index (χ4v) is 0.372. The van der Waals surface area contributed by atoms with Gasteiger partial charge in [0.1, 0.15) is 0 Å². The molecule has 0 saturated carbocycles. The minimum absolute atomic E-state index is 0. The van der Waals surface area contributed by atoms with Gasteiger partial charge in [-0.05, 0) is 13.0 Å². The number of rotatable bonds is 4. The summed E-state index contributed by atoms with van der Waals surface area (Å²) < 4.78 is 31.6. The quantitative estimate of drug-likeness (QED) is 0.275. The first-order valence-corrected chi connectivity index (χ1v) is 4.79. The molecule has 0 rings (SSSR count). The molecule has 0 aliphatic carbocycles. The average Bonchev–Trinajstić information content (AvgIpc) is 1.83. The number of carboxylic acids is 1. The first-order valence-electron chi connectivity index (χ1n) is 3.39. The van der Waals surface area contributed by atoms with Crippen LogP contribution in [0, 0.1) is 0 Å². The van der Waals surface area contributed by atoms with Crippen molar-refractivity contribution in [3.63, 3.8) is 0 Å². The van der Waals surface area contributed by atoms with E-state index in [1.165, 1.54) is 0 Å². The third kappa shape index (κ3) is 55.9. The van der Waals surface area contributed by atoms with Crippen LogP contribution in [0.1, 0.15) is 13.3 Å². The van der Waals surface area contributed by atoms with Gasteiger partial charge < -0.3 is 10.4 Å². The Morgan fingerprint density at radius 1 is 1.36 bits per heavy atom. The summed E-state index contributed by atoms with van der Waals surface area (Å²) in [4.78, 5) is 9.81. The van der Waals surface area contributed by atoms with Crippen LogP contribution in [0.3, 0.4) is 0 Å². The van der Waals surface area contributed by atoms with E-state index >= 15 is 0 Å². The van der Waals surface area contributed by atoms with Crippen LogP contribution in [-0.4, -0.2) is 71.2 Å². The minimum atomic E-state index is -4.67. The number of nitrogens with one attached hydrogen (secondary N) is 1. The predicted molar refractivity (Wildman–Crippen MR) is 52.1 cm³/mol. The van der Waals surface area contributed by atoms with Gasteiger partial charge in [0.2, 0.25) is 0 Å². The molecule has 0 aliphatic heterocycles. The maximum atomic E-state index is 9.81. The standard InChI is InChI=1S/C5H11NO2.Na.H2O4S.H/c1-2-3-6-4-5(7)8;;1-5(2,3)4;/h6H,2-4H2,1H3,(H,7,8);;(H2,1,2,3,4);. The van der Waals surface area contributed by atoms with Gasteiger partial charge in [-0.3, -0.25) is 13.9 Å². The third-order valence-electron chi connectivity index (χ3n) is 0.703. The van der Waals surface area contributed by atoms with Crippen LogP contribution in [0.2, 0.25) is 0 Å². The summed E-state index contributed by atoms with van der Waals surface area (Å²) in [5.41, 5.74) is 0. The van der Waals surface area contributed by atoms with Gasteiger partial charge in [-0.15, -0.1) is 0 Å². The molecule has 0 aliphatic rings. The van der Waals surface area contributed by atoms with Gasteiger partial charge in [-0.25, -0.2) is 0 Å². The Bertz CT molecular complexity index is 220. The Morgan fingerprint density at radius 3 is 1.93 bits per heavy atom. The van der Waals surface area contributed by atoms with Crippen LogP contribution in [0.4, 0.5) is 0 Å². The summed E-state index contributed by atoms with van der Waals surface area (Å²) in [7, 11) is -4.67. The molecule has 0 unspecified atom stereocenters. The summed E-state index contributed by atoms with van der Waals surface area (Å²) in [6, 6.07) is 0. The van der Waals surface area contributed by atoms with Gasteiger partial charge in [0.15, 0.2) is 0 Å². The number of hydrogen-bond acceptors (Lipinski definition) is 4. The molecule has 0 aromatic carbocycles. The average molecular weight is 239 g/mol. The van der Waals surface area contributed by atoms with Crippen molar-refractivity contribution in [3.8, 4) is 0 Å². The van der Waals surface area contributed by atoms with Gasteiger partial charge in [0, 0.05) is 0 Å². The molecule has 0 saturated heterocycles. The number of aliphatic carboxylic acids is 1. The van der Waals surface area contributed by atoms with Gasteiger partial charge >= 0.3 is 45.9 Å². The molecule has 4 N–H and O–H groups in total. The fraction of sp³-hybridized carbons (Fsp3) is 0.800. The molecule has 0 aromatic rings. The summed E-state index contributed by atoms with van der Waals surface area (Å²) in [5, 5.41) is 10.8. The van der Waals surface area contributed by atoms with Crippen molar-refractivity contribution in [2.24, 2.45) is 0 Å². The van der Waals surface area contributed by atoms with Crippen LogP contribution in [0.5, 0.6) is 0 Å². The maximum absolute atomic E-state index is 9.81. The van der Waals surface area contributed by atoms with Crippen molar-refractivity contribution in [2.45, 2.75) is 13.3 Å². The van der Waals surface area contributed by atoms with Crippen LogP contribution < -0.4 is 5.32 Å². The summed E-state index contributed by atoms with van der Waals surface area (Å²) >= 11 is 0. The molecular weight excluding hydrogens is 225 g/mol. The van der Waals surface area contributed by atoms with E-state index < -0.39 is 16.4 Å². The van der Waals surface area contributed by atoms with E-state index in [9.17, 15) is 4.79 Å². The number of carboxylic acid groups (broad SMARTS) is 1. The van der Waals surface area contributed by atoms with Gasteiger partial charge in [0.25, 0.3) is 0 Å². The summed E-state index contributed by atoms with van der Waals surface area (Å²) in [6.45, 7) is 2.86. The fourth-order valence-electron chi connectivity index (χ4n) is 0.372. The Morgan fingerprint density at radius 2 is 1.71 bits per heavy atom. The normalized spacial score (nSPS) is 9.36. The molecule has 0 atom stereocenters. The Kier molecular flexibility index (Phi) is 16.1. The first kappa shape index (κ1) is 19.8. The van der Waals surface area contributed by atoms with E-state index in [0.29, 0.717) is 0 Å². The molecule has 14 heavy (non-hydrogen) atoms. The van der Waals surface area contributed by atoms with Crippen molar-refractivity contribution in [2.75, 3.05) is 13.1 Å². The molecule has 0 radical (unpaired) electrons. The van der Waals surface area contributed by atoms with Crippen molar-refractivity contribution < 1.29 is 27.4 Å². The van der Waals surface area contributed by atoms with Gasteiger partial charge in [-0.2, -0.15) is 8.42 Å². The van der Waals surface area contributed by atoms with Crippen LogP contribution in [0.25, 0.3) is 0 Å². The van der Waals surface area contributed by atoms with Crippen LogP contribution >= 0.6 is 0 Å². The molecule has 0 amide bonds. The summed E-state index contributed by atoms with van der Waals surface area (Å²) in [5.74, 6) is -0.793. The molecule has 0 aromatic heterocycles. The van der Waals surface area contributed by atoms with Crippen molar-refractivity contribution in [1.29, 1.82) is 0 Å². The van der Waals surface area contributed by atoms with E-state index in [1.54, 1.807) is 0 Å². The molecule has 0 spiro atoms. The SMILES string of the molecule is CCCNCC(=O)O.O=S(=O)(O)O.[NaH]. The Labute approximate surface area is 105 Å². The van der Waals surface area contributed by atoms with E-state index in [2.05, 4.69) is 5.32 Å². The zero-order valence-corrected chi connectivity index (χ0v) is 7.91. The first-order chi connectivity index (χ1) is 5.77. The van der Waals surface area contributed by atoms with Crippen molar-refractivity contribution in [3.05, 3.63) is 0 Å². The summed E-state index contributed by atoms with van der Waals surface area (Å²) in [6.07, 6.45) is 0.979. The van der Waals surface area contributed by atoms with Crippen molar-refractivity contribution >= 4 is 45.9 Å². The molecule has 0 bridgehead atoms. The van der Waals surface area contributed by atoms with E-state index in [1.807, 2.05) is 6.92 Å². The van der Waals surface area contributed by atoms with Crippen LogP contribution in [-0.2, 0) is 15.2 Å². The second-order valence-corrected chi connectivity index (χ2v) is 2.91. The van der Waals surface area contributed by atoms with Gasteiger partial charge in [-0.1, -0.05) is 6.92 Å². The number of hydrogen-bond donors (Lipinski definition) is 4. The number of carbonyl (C=O) groups is 1. The Balaban J connectivity index is -0.000000177. The van der Waals surface area contributed by atoms with Gasteiger partial charge in [0.05, 0.1) is 6.54 Å². The Hall–Kier alpha value is 0.300. The van der Waals surface area contributed by atoms with Crippen molar-refractivity contribution in [1.82, 2.24) is 5.32 Å².